The third-order valence-corrected chi connectivity index (χ3v) is 9.27. The predicted molar refractivity (Wildman–Crippen MR) is 138 cm³/mol. The third kappa shape index (κ3) is 4.71. The molecule has 36 heavy (non-hydrogen) atoms. The highest BCUT2D eigenvalue weighted by molar-refractivity contribution is 7.92. The first-order valence-electron chi connectivity index (χ1n) is 12.6. The van der Waals surface area contributed by atoms with Gasteiger partial charge in [0.05, 0.1) is 13.5 Å². The van der Waals surface area contributed by atoms with Gasteiger partial charge in [0.25, 0.3) is 5.91 Å². The zero-order valence-electron chi connectivity index (χ0n) is 20.5. The minimum atomic E-state index is -3.70. The fourth-order valence-electron chi connectivity index (χ4n) is 5.60. The van der Waals surface area contributed by atoms with Gasteiger partial charge >= 0.3 is 5.97 Å². The number of amidine groups is 1. The summed E-state index contributed by atoms with van der Waals surface area (Å²) in [5.41, 5.74) is 1.41. The Kier molecular flexibility index (Phi) is 6.74. The molecule has 2 N–H and O–H groups in total. The molecule has 1 spiro atoms. The highest BCUT2D eigenvalue weighted by Gasteiger charge is 2.48. The summed E-state index contributed by atoms with van der Waals surface area (Å²) in [5.74, 6) is 0.660. The average molecular weight is 513 g/mol. The molecule has 1 aliphatic carbocycles. The largest absolute Gasteiger partial charge is 0.469 e. The second-order valence-electron chi connectivity index (χ2n) is 9.90. The topological polar surface area (TPSA) is 121 Å². The number of rotatable bonds is 6. The van der Waals surface area contributed by atoms with Gasteiger partial charge in [-0.05, 0) is 49.0 Å². The number of nitrogens with zero attached hydrogens (tertiary/aromatic N) is 2. The molecule has 0 atom stereocenters. The van der Waals surface area contributed by atoms with Gasteiger partial charge in [-0.25, -0.2) is 8.42 Å². The molecule has 3 aliphatic rings. The van der Waals surface area contributed by atoms with Gasteiger partial charge in [0.15, 0.2) is 0 Å². The highest BCUT2D eigenvalue weighted by atomic mass is 32.2. The number of methoxy groups -OCH3 is 1. The van der Waals surface area contributed by atoms with Crippen molar-refractivity contribution in [3.8, 4) is 0 Å². The number of fused-ring (bicyclic) bond motifs is 1. The van der Waals surface area contributed by atoms with Crippen LogP contribution in [-0.2, 0) is 30.8 Å². The van der Waals surface area contributed by atoms with E-state index in [9.17, 15) is 18.0 Å². The highest BCUT2D eigenvalue weighted by Crippen LogP contribution is 2.35. The van der Waals surface area contributed by atoms with Crippen molar-refractivity contribution < 1.29 is 22.7 Å². The van der Waals surface area contributed by atoms with Gasteiger partial charge in [-0.2, -0.15) is 4.31 Å². The molecule has 1 saturated heterocycles. The summed E-state index contributed by atoms with van der Waals surface area (Å²) in [6.45, 7) is 0.479. The summed E-state index contributed by atoms with van der Waals surface area (Å²) in [6.07, 6.45) is 9.80. The van der Waals surface area contributed by atoms with Crippen LogP contribution in [0.25, 0.3) is 17.0 Å². The smallest absolute Gasteiger partial charge is 0.310 e. The lowest BCUT2D eigenvalue weighted by atomic mass is 9.88. The first-order valence-corrected chi connectivity index (χ1v) is 14.1. The van der Waals surface area contributed by atoms with E-state index in [0.29, 0.717) is 24.3 Å². The Morgan fingerprint density at radius 1 is 1.22 bits per heavy atom. The molecule has 9 nitrogen and oxygen atoms in total. The Labute approximate surface area is 211 Å². The van der Waals surface area contributed by atoms with Gasteiger partial charge in [-0.3, -0.25) is 14.6 Å². The van der Waals surface area contributed by atoms with Crippen LogP contribution in [0.1, 0.15) is 56.1 Å². The van der Waals surface area contributed by atoms with Crippen molar-refractivity contribution in [1.82, 2.24) is 14.6 Å². The van der Waals surface area contributed by atoms with Gasteiger partial charge in [-0.1, -0.05) is 31.4 Å². The molecule has 3 heterocycles. The quantitative estimate of drug-likeness (QED) is 0.576. The predicted octanol–water partition coefficient (Wildman–Crippen LogP) is 3.13. The van der Waals surface area contributed by atoms with E-state index in [2.05, 4.69) is 10.3 Å². The average Bonchev–Trinajstić information content (AvgIpc) is 3.44. The summed E-state index contributed by atoms with van der Waals surface area (Å²) in [5, 5.41) is 5.01. The molecule has 2 aliphatic heterocycles. The van der Waals surface area contributed by atoms with Crippen molar-refractivity contribution in [2.45, 2.75) is 56.9 Å². The number of aliphatic imine (C=N–C) groups is 1. The van der Waals surface area contributed by atoms with E-state index in [1.165, 1.54) is 23.2 Å². The van der Waals surface area contributed by atoms with Gasteiger partial charge in [0, 0.05) is 41.5 Å². The fraction of sp³-hybridized carbons (Fsp3) is 0.500. The number of ether oxygens (including phenoxy) is 1. The van der Waals surface area contributed by atoms with Crippen LogP contribution in [0.2, 0.25) is 0 Å². The SMILES string of the molecule is COC(=O)Cc1c[nH]c2cccc(/C=C/S(=O)(=O)N3CCC4(CC3)N=C(C3CCCCC3)NC4=O)c12. The van der Waals surface area contributed by atoms with E-state index < -0.39 is 15.6 Å². The van der Waals surface area contributed by atoms with Crippen molar-refractivity contribution in [3.63, 3.8) is 0 Å². The number of esters is 1. The van der Waals surface area contributed by atoms with Crippen LogP contribution in [0.15, 0.2) is 34.8 Å². The minimum absolute atomic E-state index is 0.0899. The van der Waals surface area contributed by atoms with Crippen LogP contribution in [-0.4, -0.2) is 61.2 Å². The number of piperidine rings is 1. The summed E-state index contributed by atoms with van der Waals surface area (Å²) in [6, 6.07) is 5.53. The van der Waals surface area contributed by atoms with Crippen LogP contribution in [0, 0.1) is 5.92 Å². The maximum absolute atomic E-state index is 13.2. The molecule has 1 amide bonds. The van der Waals surface area contributed by atoms with Crippen molar-refractivity contribution in [1.29, 1.82) is 0 Å². The fourth-order valence-corrected chi connectivity index (χ4v) is 6.78. The van der Waals surface area contributed by atoms with Crippen molar-refractivity contribution >= 4 is 44.7 Å². The molecule has 1 aromatic carbocycles. The summed E-state index contributed by atoms with van der Waals surface area (Å²) < 4.78 is 32.5. The lowest BCUT2D eigenvalue weighted by Crippen LogP contribution is -2.50. The number of amides is 1. The van der Waals surface area contributed by atoms with E-state index in [1.54, 1.807) is 12.3 Å². The summed E-state index contributed by atoms with van der Waals surface area (Å²) in [7, 11) is -2.36. The summed E-state index contributed by atoms with van der Waals surface area (Å²) in [4.78, 5) is 32.6. The van der Waals surface area contributed by atoms with E-state index in [0.717, 1.165) is 48.0 Å². The number of aromatic amines is 1. The first kappa shape index (κ1) is 24.7. The molecule has 1 saturated carbocycles. The molecule has 2 aromatic rings. The molecule has 1 aromatic heterocycles. The molecule has 5 rings (SSSR count). The van der Waals surface area contributed by atoms with Crippen LogP contribution in [0.4, 0.5) is 0 Å². The maximum atomic E-state index is 13.2. The Morgan fingerprint density at radius 3 is 2.69 bits per heavy atom. The number of aromatic nitrogens is 1. The Hall–Kier alpha value is -2.98. The molecule has 2 fully saturated rings. The summed E-state index contributed by atoms with van der Waals surface area (Å²) >= 11 is 0. The van der Waals surface area contributed by atoms with E-state index >= 15 is 0 Å². The number of hydrogen-bond acceptors (Lipinski definition) is 6. The monoisotopic (exact) mass is 512 g/mol. The second-order valence-corrected chi connectivity index (χ2v) is 11.7. The first-order chi connectivity index (χ1) is 17.3. The van der Waals surface area contributed by atoms with E-state index in [1.807, 2.05) is 18.2 Å². The van der Waals surface area contributed by atoms with Gasteiger partial charge in [0.2, 0.25) is 10.0 Å². The number of carbonyl (C=O) groups is 2. The van der Waals surface area contributed by atoms with Crippen LogP contribution >= 0.6 is 0 Å². The number of sulfonamides is 1. The molecule has 0 radical (unpaired) electrons. The third-order valence-electron chi connectivity index (χ3n) is 7.70. The van der Waals surface area contributed by atoms with E-state index in [-0.39, 0.29) is 31.4 Å². The standard InChI is InChI=1S/C26H32N4O5S/c1-35-22(31)16-20-17-27-21-9-5-8-18(23(20)21)10-15-36(33,34)30-13-11-26(12-14-30)25(32)28-24(29-26)19-6-3-2-4-7-19/h5,8-10,15,17,19,27H,2-4,6-7,11-14,16H2,1H3,(H,28,29,32)/b15-10+. The minimum Gasteiger partial charge on any atom is -0.469 e. The molecule has 10 heteroatoms. The molecule has 192 valence electrons. The van der Waals surface area contributed by atoms with Gasteiger partial charge in [-0.15, -0.1) is 0 Å². The molecular formula is C26H32N4O5S. The normalized spacial score (nSPS) is 21.2. The van der Waals surface area contributed by atoms with Crippen LogP contribution < -0.4 is 5.32 Å². The zero-order chi connectivity index (χ0) is 25.3. The Balaban J connectivity index is 1.30. The van der Waals surface area contributed by atoms with Crippen molar-refractivity contribution in [2.75, 3.05) is 20.2 Å². The number of carbonyl (C=O) groups excluding carboxylic acids is 2. The number of H-pyrrole nitrogens is 1. The van der Waals surface area contributed by atoms with Crippen LogP contribution in [0.3, 0.4) is 0 Å². The van der Waals surface area contributed by atoms with E-state index in [4.69, 9.17) is 9.73 Å². The second kappa shape index (κ2) is 9.82. The van der Waals surface area contributed by atoms with Crippen molar-refractivity contribution in [2.24, 2.45) is 10.9 Å². The number of nitrogens with one attached hydrogen (secondary N) is 2. The lowest BCUT2D eigenvalue weighted by molar-refractivity contribution is -0.139. The number of hydrogen-bond donors (Lipinski definition) is 2. The Bertz CT molecular complexity index is 1330. The molecule has 0 unspecified atom stereocenters. The van der Waals surface area contributed by atoms with Gasteiger partial charge in [0.1, 0.15) is 11.4 Å². The lowest BCUT2D eigenvalue weighted by Gasteiger charge is -2.34. The van der Waals surface area contributed by atoms with Crippen LogP contribution in [0.5, 0.6) is 0 Å². The Morgan fingerprint density at radius 2 is 1.97 bits per heavy atom. The molecular weight excluding hydrogens is 480 g/mol. The van der Waals surface area contributed by atoms with Gasteiger partial charge < -0.3 is 15.0 Å². The number of benzene rings is 1. The molecule has 0 bridgehead atoms. The zero-order valence-corrected chi connectivity index (χ0v) is 21.3. The van der Waals surface area contributed by atoms with Crippen molar-refractivity contribution in [3.05, 3.63) is 40.9 Å². The maximum Gasteiger partial charge on any atom is 0.310 e.